The van der Waals surface area contributed by atoms with Gasteiger partial charge in [0.2, 0.25) is 5.91 Å². The number of nitrogen functional groups attached to an aromatic ring is 1. The van der Waals surface area contributed by atoms with E-state index in [1.54, 1.807) is 23.7 Å². The van der Waals surface area contributed by atoms with Crippen molar-refractivity contribution in [1.82, 2.24) is 14.9 Å². The molecule has 1 aliphatic heterocycles. The molecule has 0 saturated carbocycles. The molecule has 2 aromatic rings. The molecule has 122 valence electrons. The van der Waals surface area contributed by atoms with Crippen LogP contribution in [0.15, 0.2) is 29.9 Å². The number of nitrogens with two attached hydrogens (primary N) is 1. The highest BCUT2D eigenvalue weighted by atomic mass is 32.1. The van der Waals surface area contributed by atoms with Gasteiger partial charge in [0.15, 0.2) is 0 Å². The standard InChI is InChI=1S/C17H22N4OS/c18-17-15(19-7-8-20-17)11-13-3-1-9-21(12-13)16(22)6-5-14-4-2-10-23-14/h2,4,7-8,10,13H,1,3,5-6,9,11-12H2,(H2,18,20)/t13-/m0/s1. The summed E-state index contributed by atoms with van der Waals surface area (Å²) in [4.78, 5) is 24.1. The molecule has 5 nitrogen and oxygen atoms in total. The minimum atomic E-state index is 0.259. The zero-order chi connectivity index (χ0) is 16.1. The fourth-order valence-electron chi connectivity index (χ4n) is 3.11. The van der Waals surface area contributed by atoms with Gasteiger partial charge in [0.05, 0.1) is 5.69 Å². The average Bonchev–Trinajstić information content (AvgIpc) is 3.08. The van der Waals surface area contributed by atoms with Crippen molar-refractivity contribution in [1.29, 1.82) is 0 Å². The van der Waals surface area contributed by atoms with Gasteiger partial charge in [0.1, 0.15) is 5.82 Å². The predicted octanol–water partition coefficient (Wildman–Crippen LogP) is 2.53. The van der Waals surface area contributed by atoms with Crippen LogP contribution in [0.4, 0.5) is 5.82 Å². The van der Waals surface area contributed by atoms with E-state index in [4.69, 9.17) is 5.73 Å². The van der Waals surface area contributed by atoms with Gasteiger partial charge in [0, 0.05) is 36.8 Å². The van der Waals surface area contributed by atoms with E-state index in [0.717, 1.165) is 44.5 Å². The minimum Gasteiger partial charge on any atom is -0.382 e. The number of anilines is 1. The van der Waals surface area contributed by atoms with Gasteiger partial charge in [-0.15, -0.1) is 11.3 Å². The fraction of sp³-hybridized carbons (Fsp3) is 0.471. The summed E-state index contributed by atoms with van der Waals surface area (Å²) in [6, 6.07) is 4.13. The van der Waals surface area contributed by atoms with Crippen LogP contribution in [0.5, 0.6) is 0 Å². The summed E-state index contributed by atoms with van der Waals surface area (Å²) < 4.78 is 0. The van der Waals surface area contributed by atoms with Crippen LogP contribution in [0.3, 0.4) is 0 Å². The van der Waals surface area contributed by atoms with Crippen molar-refractivity contribution in [3.05, 3.63) is 40.5 Å². The molecule has 6 heteroatoms. The Balaban J connectivity index is 1.53. The number of nitrogens with zero attached hydrogens (tertiary/aromatic N) is 3. The fourth-order valence-corrected chi connectivity index (χ4v) is 3.82. The van der Waals surface area contributed by atoms with Crippen LogP contribution in [0.25, 0.3) is 0 Å². The van der Waals surface area contributed by atoms with E-state index in [1.807, 2.05) is 11.0 Å². The SMILES string of the molecule is Nc1nccnc1C[C@@H]1CCCN(C(=O)CCc2cccs2)C1. The van der Waals surface area contributed by atoms with Gasteiger partial charge in [-0.3, -0.25) is 9.78 Å². The second-order valence-electron chi connectivity index (χ2n) is 6.02. The zero-order valence-electron chi connectivity index (χ0n) is 13.1. The van der Waals surface area contributed by atoms with Crippen LogP contribution in [0.2, 0.25) is 0 Å². The maximum absolute atomic E-state index is 12.4. The summed E-state index contributed by atoms with van der Waals surface area (Å²) in [5.41, 5.74) is 6.73. The molecule has 1 saturated heterocycles. The van der Waals surface area contributed by atoms with E-state index in [2.05, 4.69) is 21.4 Å². The van der Waals surface area contributed by atoms with Crippen molar-refractivity contribution >= 4 is 23.1 Å². The zero-order valence-corrected chi connectivity index (χ0v) is 14.0. The number of carbonyl (C=O) groups is 1. The number of hydrogen-bond donors (Lipinski definition) is 1. The van der Waals surface area contributed by atoms with Crippen LogP contribution in [-0.2, 0) is 17.6 Å². The molecule has 0 bridgehead atoms. The second kappa shape index (κ2) is 7.55. The lowest BCUT2D eigenvalue weighted by atomic mass is 9.93. The molecule has 1 aliphatic rings. The highest BCUT2D eigenvalue weighted by molar-refractivity contribution is 7.09. The van der Waals surface area contributed by atoms with Gasteiger partial charge in [0.25, 0.3) is 0 Å². The van der Waals surface area contributed by atoms with Crippen molar-refractivity contribution in [3.63, 3.8) is 0 Å². The Bertz CT molecular complexity index is 644. The number of hydrogen-bond acceptors (Lipinski definition) is 5. The highest BCUT2D eigenvalue weighted by Gasteiger charge is 2.24. The number of thiophene rings is 1. The molecule has 1 amide bonds. The summed E-state index contributed by atoms with van der Waals surface area (Å²) in [6.07, 6.45) is 7.70. The van der Waals surface area contributed by atoms with Crippen LogP contribution in [0, 0.1) is 5.92 Å². The molecule has 23 heavy (non-hydrogen) atoms. The highest BCUT2D eigenvalue weighted by Crippen LogP contribution is 2.22. The van der Waals surface area contributed by atoms with Crippen molar-refractivity contribution < 1.29 is 4.79 Å². The Morgan fingerprint density at radius 3 is 3.04 bits per heavy atom. The number of rotatable bonds is 5. The van der Waals surface area contributed by atoms with E-state index in [9.17, 15) is 4.79 Å². The van der Waals surface area contributed by atoms with Crippen LogP contribution in [0.1, 0.15) is 29.8 Å². The van der Waals surface area contributed by atoms with Gasteiger partial charge in [-0.1, -0.05) is 6.07 Å². The van der Waals surface area contributed by atoms with Crippen LogP contribution < -0.4 is 5.73 Å². The van der Waals surface area contributed by atoms with Crippen LogP contribution >= 0.6 is 11.3 Å². The smallest absolute Gasteiger partial charge is 0.222 e. The molecule has 0 spiro atoms. The molecule has 0 unspecified atom stereocenters. The van der Waals surface area contributed by atoms with Gasteiger partial charge in [-0.25, -0.2) is 4.98 Å². The summed E-state index contributed by atoms with van der Waals surface area (Å²) in [5.74, 6) is 1.19. The molecule has 0 radical (unpaired) electrons. The van der Waals surface area contributed by atoms with E-state index in [0.29, 0.717) is 18.2 Å². The average molecular weight is 330 g/mol. The Hall–Kier alpha value is -1.95. The first-order valence-corrected chi connectivity index (χ1v) is 8.96. The van der Waals surface area contributed by atoms with E-state index in [-0.39, 0.29) is 5.91 Å². The van der Waals surface area contributed by atoms with Gasteiger partial charge < -0.3 is 10.6 Å². The predicted molar refractivity (Wildman–Crippen MR) is 92.1 cm³/mol. The Morgan fingerprint density at radius 2 is 2.26 bits per heavy atom. The first-order chi connectivity index (χ1) is 11.2. The topological polar surface area (TPSA) is 72.1 Å². The third kappa shape index (κ3) is 4.28. The van der Waals surface area contributed by atoms with Gasteiger partial charge >= 0.3 is 0 Å². The summed E-state index contributed by atoms with van der Waals surface area (Å²) in [5, 5.41) is 2.06. The first kappa shape index (κ1) is 15.9. The molecule has 0 aromatic carbocycles. The number of carbonyl (C=O) groups excluding carboxylic acids is 1. The van der Waals surface area contributed by atoms with E-state index < -0.39 is 0 Å². The van der Waals surface area contributed by atoms with E-state index >= 15 is 0 Å². The lowest BCUT2D eigenvalue weighted by Crippen LogP contribution is -2.40. The normalized spacial score (nSPS) is 18.1. The van der Waals surface area contributed by atoms with Gasteiger partial charge in [-0.2, -0.15) is 0 Å². The largest absolute Gasteiger partial charge is 0.382 e. The first-order valence-electron chi connectivity index (χ1n) is 8.08. The number of piperidine rings is 1. The molecule has 2 aromatic heterocycles. The molecule has 1 fully saturated rings. The molecular formula is C17H22N4OS. The molecular weight excluding hydrogens is 308 g/mol. The molecule has 3 rings (SSSR count). The Kier molecular flexibility index (Phi) is 5.23. The third-order valence-corrected chi connectivity index (χ3v) is 5.26. The maximum Gasteiger partial charge on any atom is 0.222 e. The Labute approximate surface area is 140 Å². The summed E-state index contributed by atoms with van der Waals surface area (Å²) in [7, 11) is 0. The molecule has 1 atom stereocenters. The maximum atomic E-state index is 12.4. The number of likely N-dealkylation sites (tertiary alicyclic amines) is 1. The molecule has 0 aliphatic carbocycles. The minimum absolute atomic E-state index is 0.259. The summed E-state index contributed by atoms with van der Waals surface area (Å²) in [6.45, 7) is 1.68. The number of amides is 1. The Morgan fingerprint density at radius 1 is 1.39 bits per heavy atom. The lowest BCUT2D eigenvalue weighted by molar-refractivity contribution is -0.132. The van der Waals surface area contributed by atoms with Crippen molar-refractivity contribution in [2.75, 3.05) is 18.8 Å². The third-order valence-electron chi connectivity index (χ3n) is 4.33. The number of aryl methyl sites for hydroxylation is 1. The van der Waals surface area contributed by atoms with E-state index in [1.165, 1.54) is 4.88 Å². The second-order valence-corrected chi connectivity index (χ2v) is 7.05. The van der Waals surface area contributed by atoms with Gasteiger partial charge in [-0.05, 0) is 43.0 Å². The number of aromatic nitrogens is 2. The van der Waals surface area contributed by atoms with Crippen LogP contribution in [-0.4, -0.2) is 33.9 Å². The monoisotopic (exact) mass is 330 g/mol. The molecule has 2 N–H and O–H groups in total. The van der Waals surface area contributed by atoms with Crippen molar-refractivity contribution in [3.8, 4) is 0 Å². The molecule has 3 heterocycles. The lowest BCUT2D eigenvalue weighted by Gasteiger charge is -2.33. The van der Waals surface area contributed by atoms with Crippen molar-refractivity contribution in [2.45, 2.75) is 32.1 Å². The quantitative estimate of drug-likeness (QED) is 0.914. The van der Waals surface area contributed by atoms with Crippen molar-refractivity contribution in [2.24, 2.45) is 5.92 Å². The summed E-state index contributed by atoms with van der Waals surface area (Å²) >= 11 is 1.72.